The van der Waals surface area contributed by atoms with Crippen molar-refractivity contribution in [1.29, 1.82) is 0 Å². The highest BCUT2D eigenvalue weighted by Gasteiger charge is 2.35. The van der Waals surface area contributed by atoms with E-state index in [1.54, 1.807) is 13.0 Å². The molecule has 1 aromatic rings. The van der Waals surface area contributed by atoms with Crippen molar-refractivity contribution in [3.63, 3.8) is 0 Å². The van der Waals surface area contributed by atoms with Gasteiger partial charge < -0.3 is 15.2 Å². The molecule has 1 amide bonds. The molecule has 0 saturated carbocycles. The first-order chi connectivity index (χ1) is 12.5. The van der Waals surface area contributed by atoms with E-state index in [-0.39, 0.29) is 12.5 Å². The number of aryl methyl sites for hydroxylation is 1. The smallest absolute Gasteiger partial charge is 0.341 e. The van der Waals surface area contributed by atoms with Crippen LogP contribution in [-0.2, 0) is 27.2 Å². The second-order valence-electron chi connectivity index (χ2n) is 6.62. The maximum atomic E-state index is 12.8. The van der Waals surface area contributed by atoms with Crippen molar-refractivity contribution in [2.45, 2.75) is 45.4 Å². The number of carboxylic acids is 1. The number of carbonyl (C=O) groups excluding carboxylic acids is 2. The van der Waals surface area contributed by atoms with E-state index in [1.165, 1.54) is 11.3 Å². The molecule has 26 heavy (non-hydrogen) atoms. The van der Waals surface area contributed by atoms with E-state index < -0.39 is 23.8 Å². The number of esters is 1. The second-order valence-corrected chi connectivity index (χ2v) is 7.72. The average Bonchev–Trinajstić information content (AvgIpc) is 2.99. The Morgan fingerprint density at radius 2 is 1.88 bits per heavy atom. The monoisotopic (exact) mass is 377 g/mol. The Morgan fingerprint density at radius 1 is 1.19 bits per heavy atom. The van der Waals surface area contributed by atoms with Crippen LogP contribution in [0.2, 0.25) is 0 Å². The number of rotatable bonds is 5. The Hall–Kier alpha value is -2.15. The van der Waals surface area contributed by atoms with E-state index in [1.807, 2.05) is 6.08 Å². The number of fused-ring (bicyclic) bond motifs is 1. The Kier molecular flexibility index (Phi) is 5.76. The van der Waals surface area contributed by atoms with Crippen molar-refractivity contribution in [2.75, 3.05) is 11.9 Å². The average molecular weight is 377 g/mol. The van der Waals surface area contributed by atoms with Crippen molar-refractivity contribution in [1.82, 2.24) is 0 Å². The first-order valence-corrected chi connectivity index (χ1v) is 9.84. The summed E-state index contributed by atoms with van der Waals surface area (Å²) in [5, 5.41) is 12.7. The van der Waals surface area contributed by atoms with Crippen LogP contribution in [0.3, 0.4) is 0 Å². The molecule has 1 aromatic heterocycles. The minimum atomic E-state index is -0.967. The highest BCUT2D eigenvalue weighted by atomic mass is 32.1. The molecular formula is C19H23NO5S. The summed E-state index contributed by atoms with van der Waals surface area (Å²) in [5.74, 6) is -3.09. The van der Waals surface area contributed by atoms with Gasteiger partial charge in [-0.25, -0.2) is 4.79 Å². The molecule has 0 radical (unpaired) electrons. The van der Waals surface area contributed by atoms with Crippen molar-refractivity contribution in [2.24, 2.45) is 11.8 Å². The molecule has 6 nitrogen and oxygen atoms in total. The van der Waals surface area contributed by atoms with Gasteiger partial charge in [-0.15, -0.1) is 11.3 Å². The molecule has 0 bridgehead atoms. The minimum Gasteiger partial charge on any atom is -0.481 e. The standard InChI is InChI=1S/C19H23NO5S/c1-2-25-19(24)15-13-9-5-6-10-14(13)26-17(15)20-16(21)11-7-3-4-8-12(11)18(22)23/h3-4,11-12H,2,5-10H2,1H3,(H,20,21)(H,22,23)/t11-,12+/m0/s1. The third kappa shape index (κ3) is 3.67. The first-order valence-electron chi connectivity index (χ1n) is 9.03. The lowest BCUT2D eigenvalue weighted by Gasteiger charge is -2.24. The number of carboxylic acid groups (broad SMARTS) is 1. The molecule has 0 aliphatic heterocycles. The van der Waals surface area contributed by atoms with Crippen LogP contribution in [0, 0.1) is 11.8 Å². The zero-order chi connectivity index (χ0) is 18.7. The molecule has 7 heteroatoms. The zero-order valence-electron chi connectivity index (χ0n) is 14.7. The van der Waals surface area contributed by atoms with Gasteiger partial charge in [0.2, 0.25) is 5.91 Å². The lowest BCUT2D eigenvalue weighted by atomic mass is 9.82. The third-order valence-corrected chi connectivity index (χ3v) is 6.18. The minimum absolute atomic E-state index is 0.269. The number of aliphatic carboxylic acids is 1. The fourth-order valence-electron chi connectivity index (χ4n) is 3.65. The van der Waals surface area contributed by atoms with Gasteiger partial charge in [0.15, 0.2) is 0 Å². The van der Waals surface area contributed by atoms with Gasteiger partial charge in [-0.05, 0) is 51.0 Å². The van der Waals surface area contributed by atoms with Crippen molar-refractivity contribution < 1.29 is 24.2 Å². The molecule has 1 heterocycles. The first kappa shape index (κ1) is 18.6. The van der Waals surface area contributed by atoms with Crippen molar-refractivity contribution in [3.8, 4) is 0 Å². The number of hydrogen-bond donors (Lipinski definition) is 2. The third-order valence-electron chi connectivity index (χ3n) is 4.97. The number of nitrogens with one attached hydrogen (secondary N) is 1. The summed E-state index contributed by atoms with van der Waals surface area (Å²) < 4.78 is 5.19. The number of anilines is 1. The van der Waals surface area contributed by atoms with Gasteiger partial charge in [0, 0.05) is 4.88 Å². The molecule has 0 fully saturated rings. The van der Waals surface area contributed by atoms with Crippen LogP contribution in [0.5, 0.6) is 0 Å². The van der Waals surface area contributed by atoms with Gasteiger partial charge in [0.1, 0.15) is 5.00 Å². The molecule has 0 saturated heterocycles. The van der Waals surface area contributed by atoms with Crippen LogP contribution >= 0.6 is 11.3 Å². The summed E-state index contributed by atoms with van der Waals surface area (Å²) in [6.07, 6.45) is 8.16. The van der Waals surface area contributed by atoms with E-state index in [0.717, 1.165) is 36.1 Å². The van der Waals surface area contributed by atoms with Gasteiger partial charge in [0.25, 0.3) is 0 Å². The van der Waals surface area contributed by atoms with Crippen molar-refractivity contribution in [3.05, 3.63) is 28.2 Å². The van der Waals surface area contributed by atoms with E-state index in [4.69, 9.17) is 4.74 Å². The van der Waals surface area contributed by atoms with Gasteiger partial charge in [0.05, 0.1) is 24.0 Å². The van der Waals surface area contributed by atoms with Gasteiger partial charge in [-0.2, -0.15) is 0 Å². The van der Waals surface area contributed by atoms with Crippen LogP contribution in [0.15, 0.2) is 12.2 Å². The summed E-state index contributed by atoms with van der Waals surface area (Å²) in [6.45, 7) is 2.02. The summed E-state index contributed by atoms with van der Waals surface area (Å²) in [6, 6.07) is 0. The van der Waals surface area contributed by atoms with E-state index >= 15 is 0 Å². The number of hydrogen-bond acceptors (Lipinski definition) is 5. The van der Waals surface area contributed by atoms with Crippen molar-refractivity contribution >= 4 is 34.2 Å². The highest BCUT2D eigenvalue weighted by molar-refractivity contribution is 7.17. The number of amides is 1. The Labute approximate surface area is 156 Å². The summed E-state index contributed by atoms with van der Waals surface area (Å²) >= 11 is 1.42. The summed E-state index contributed by atoms with van der Waals surface area (Å²) in [4.78, 5) is 37.8. The fourth-order valence-corrected chi connectivity index (χ4v) is 4.93. The number of allylic oxidation sites excluding steroid dienone is 2. The Balaban J connectivity index is 1.88. The molecular weight excluding hydrogens is 354 g/mol. The van der Waals surface area contributed by atoms with E-state index in [9.17, 15) is 19.5 Å². The number of thiophene rings is 1. The Bertz CT molecular complexity index is 751. The van der Waals surface area contributed by atoms with Crippen LogP contribution in [0.1, 0.15) is 53.4 Å². The van der Waals surface area contributed by atoms with Crippen LogP contribution in [0.25, 0.3) is 0 Å². The molecule has 2 aliphatic rings. The largest absolute Gasteiger partial charge is 0.481 e. The van der Waals surface area contributed by atoms with Crippen LogP contribution in [-0.4, -0.2) is 29.6 Å². The molecule has 2 atom stereocenters. The van der Waals surface area contributed by atoms with Gasteiger partial charge in [-0.3, -0.25) is 9.59 Å². The zero-order valence-corrected chi connectivity index (χ0v) is 15.6. The molecule has 0 aromatic carbocycles. The molecule has 140 valence electrons. The summed E-state index contributed by atoms with van der Waals surface area (Å²) in [7, 11) is 0. The maximum Gasteiger partial charge on any atom is 0.341 e. The quantitative estimate of drug-likeness (QED) is 0.606. The van der Waals surface area contributed by atoms with Gasteiger partial charge in [-0.1, -0.05) is 12.2 Å². The predicted molar refractivity (Wildman–Crippen MR) is 98.5 cm³/mol. The lowest BCUT2D eigenvalue weighted by Crippen LogP contribution is -2.34. The van der Waals surface area contributed by atoms with E-state index in [2.05, 4.69) is 5.32 Å². The second kappa shape index (κ2) is 8.03. The van der Waals surface area contributed by atoms with E-state index in [0.29, 0.717) is 23.4 Å². The molecule has 3 rings (SSSR count). The number of ether oxygens (including phenoxy) is 1. The molecule has 0 spiro atoms. The summed E-state index contributed by atoms with van der Waals surface area (Å²) in [5.41, 5.74) is 1.44. The molecule has 2 N–H and O–H groups in total. The fraction of sp³-hybridized carbons (Fsp3) is 0.526. The number of carbonyl (C=O) groups is 3. The lowest BCUT2D eigenvalue weighted by molar-refractivity contribution is -0.146. The van der Waals surface area contributed by atoms with Crippen LogP contribution < -0.4 is 5.32 Å². The predicted octanol–water partition coefficient (Wildman–Crippen LogP) is 3.41. The van der Waals surface area contributed by atoms with Gasteiger partial charge >= 0.3 is 11.9 Å². The normalized spacial score (nSPS) is 21.7. The maximum absolute atomic E-state index is 12.8. The molecule has 0 unspecified atom stereocenters. The van der Waals surface area contributed by atoms with Crippen LogP contribution in [0.4, 0.5) is 5.00 Å². The topological polar surface area (TPSA) is 92.7 Å². The Morgan fingerprint density at radius 3 is 2.58 bits per heavy atom. The highest BCUT2D eigenvalue weighted by Crippen LogP contribution is 2.39. The molecule has 2 aliphatic carbocycles. The SMILES string of the molecule is CCOC(=O)c1c(NC(=O)[C@H]2CC=CC[C@H]2C(=O)O)sc2c1CCCC2.